The Balaban J connectivity index is 2.27. The van der Waals surface area contributed by atoms with Crippen molar-refractivity contribution in [1.82, 2.24) is 3.93 Å². The van der Waals surface area contributed by atoms with Crippen LogP contribution in [0, 0.1) is 0 Å². The van der Waals surface area contributed by atoms with E-state index >= 15 is 0 Å². The van der Waals surface area contributed by atoms with Crippen LogP contribution < -0.4 is 4.90 Å². The first-order chi connectivity index (χ1) is 4.86. The van der Waals surface area contributed by atoms with Gasteiger partial charge in [-0.15, -0.1) is 0 Å². The van der Waals surface area contributed by atoms with Gasteiger partial charge < -0.3 is 0 Å². The van der Waals surface area contributed by atoms with Gasteiger partial charge in [0.1, 0.15) is 6.20 Å². The molecule has 0 aromatic heterocycles. The number of amidine groups is 1. The van der Waals surface area contributed by atoms with Crippen LogP contribution >= 0.6 is 16.1 Å². The number of nitrogens with zero attached hydrogens (tertiary/aromatic N) is 2. The maximum absolute atomic E-state index is 4.16. The molecular weight excluding hydrogens is 194 g/mol. The Kier molecular flexibility index (Phi) is 1.35. The highest BCUT2D eigenvalue weighted by Gasteiger charge is 2.21. The minimum absolute atomic E-state index is 0.909. The Hall–Kier alpha value is -0.610. The van der Waals surface area contributed by atoms with E-state index in [0.29, 0.717) is 0 Å². The van der Waals surface area contributed by atoms with E-state index in [1.807, 2.05) is 28.6 Å². The molecule has 0 aromatic carbocycles. The van der Waals surface area contributed by atoms with Gasteiger partial charge in [-0.05, 0) is 0 Å². The molecule has 2 heterocycles. The first kappa shape index (κ1) is 6.12. The summed E-state index contributed by atoms with van der Waals surface area (Å²) in [6.45, 7) is 0.909. The first-order valence-corrected chi connectivity index (χ1v) is 3.78. The highest BCUT2D eigenvalue weighted by molar-refractivity contribution is 9.07. The number of fused-ring (bicyclic) bond motifs is 1. The molecule has 0 saturated heterocycles. The minimum atomic E-state index is 0.909. The molecule has 2 aliphatic heterocycles. The van der Waals surface area contributed by atoms with Crippen molar-refractivity contribution in [2.24, 2.45) is 4.99 Å². The summed E-state index contributed by atoms with van der Waals surface area (Å²) < 4.78 is 1.96. The number of quaternary nitrogens is 1. The highest BCUT2D eigenvalue weighted by atomic mass is 79.9. The van der Waals surface area contributed by atoms with E-state index in [1.54, 1.807) is 0 Å². The molecule has 0 aliphatic carbocycles. The third-order valence-corrected chi connectivity index (χ3v) is 2.02. The van der Waals surface area contributed by atoms with Crippen LogP contribution in [0.3, 0.4) is 0 Å². The lowest BCUT2D eigenvalue weighted by Crippen LogP contribution is -3.11. The number of hydrogen-bond acceptors (Lipinski definition) is 2. The number of halogens is 1. The van der Waals surface area contributed by atoms with Gasteiger partial charge in [-0.3, -0.25) is 3.93 Å². The maximum atomic E-state index is 4.16. The summed E-state index contributed by atoms with van der Waals surface area (Å²) in [4.78, 5) is 5.43. The zero-order chi connectivity index (χ0) is 6.97. The van der Waals surface area contributed by atoms with Gasteiger partial charge in [0.2, 0.25) is 5.84 Å². The van der Waals surface area contributed by atoms with Gasteiger partial charge in [0, 0.05) is 12.3 Å². The molecule has 1 atom stereocenters. The number of aliphatic imine (C=N–C) groups is 1. The molecule has 0 spiro atoms. The Morgan fingerprint density at radius 3 is 3.50 bits per heavy atom. The molecule has 0 saturated carbocycles. The Bertz CT molecular complexity index is 231. The van der Waals surface area contributed by atoms with Crippen LogP contribution in [-0.2, 0) is 0 Å². The average molecular weight is 201 g/mol. The topological polar surface area (TPSA) is 20.0 Å². The standard InChI is InChI=1S/C6H6BrN3/c7-10-3-1-6-8-2-4-9(6)5-10/h1-4H,5H2/p+1. The summed E-state index contributed by atoms with van der Waals surface area (Å²) in [5.41, 5.74) is 0. The molecule has 2 aliphatic rings. The van der Waals surface area contributed by atoms with E-state index in [4.69, 9.17) is 0 Å². The molecule has 0 fully saturated rings. The van der Waals surface area contributed by atoms with E-state index < -0.39 is 0 Å². The molecular formula is C6H7BrN3+. The van der Waals surface area contributed by atoms with Crippen molar-refractivity contribution in [3.63, 3.8) is 0 Å². The van der Waals surface area contributed by atoms with E-state index in [2.05, 4.69) is 21.1 Å². The third kappa shape index (κ3) is 0.892. The van der Waals surface area contributed by atoms with Crippen LogP contribution in [0.5, 0.6) is 0 Å². The van der Waals surface area contributed by atoms with Gasteiger partial charge in [0.05, 0.1) is 22.3 Å². The molecule has 3 nitrogen and oxygen atoms in total. The molecule has 0 amide bonds. The number of rotatable bonds is 0. The normalized spacial score (nSPS) is 28.7. The van der Waals surface area contributed by atoms with Crippen molar-refractivity contribution in [3.05, 3.63) is 24.7 Å². The Labute approximate surface area is 67.7 Å². The summed E-state index contributed by atoms with van der Waals surface area (Å²) in [6, 6.07) is 0. The second kappa shape index (κ2) is 2.21. The van der Waals surface area contributed by atoms with Gasteiger partial charge in [0.25, 0.3) is 0 Å². The third-order valence-electron chi connectivity index (χ3n) is 1.53. The van der Waals surface area contributed by atoms with Crippen molar-refractivity contribution in [3.8, 4) is 0 Å². The lowest BCUT2D eigenvalue weighted by molar-refractivity contribution is -0.753. The van der Waals surface area contributed by atoms with Gasteiger partial charge >= 0.3 is 0 Å². The molecule has 2 rings (SSSR count). The molecule has 4 heteroatoms. The van der Waals surface area contributed by atoms with E-state index in [1.165, 1.54) is 4.90 Å². The fraction of sp³-hybridized carbons (Fsp3) is 0.167. The van der Waals surface area contributed by atoms with Gasteiger partial charge in [-0.2, -0.15) is 4.99 Å². The van der Waals surface area contributed by atoms with Crippen molar-refractivity contribution >= 4 is 22.0 Å². The molecule has 1 N–H and O–H groups in total. The van der Waals surface area contributed by atoms with Crippen molar-refractivity contribution in [2.75, 3.05) is 6.67 Å². The van der Waals surface area contributed by atoms with Crippen LogP contribution in [0.1, 0.15) is 0 Å². The quantitative estimate of drug-likeness (QED) is 0.540. The number of hydrogen-bond donors (Lipinski definition) is 1. The second-order valence-electron chi connectivity index (χ2n) is 2.23. The zero-order valence-electron chi connectivity index (χ0n) is 5.29. The van der Waals surface area contributed by atoms with Crippen LogP contribution in [-0.4, -0.2) is 16.4 Å². The summed E-state index contributed by atoms with van der Waals surface area (Å²) >= 11 is 3.36. The molecule has 0 aromatic rings. The number of nitrogens with one attached hydrogen (secondary N) is 1. The van der Waals surface area contributed by atoms with Crippen molar-refractivity contribution in [1.29, 1.82) is 0 Å². The summed E-state index contributed by atoms with van der Waals surface area (Å²) in [6.07, 6.45) is 7.83. The van der Waals surface area contributed by atoms with Gasteiger partial charge in [-0.25, -0.2) is 4.90 Å². The lowest BCUT2D eigenvalue weighted by Gasteiger charge is -2.19. The Morgan fingerprint density at radius 2 is 2.60 bits per heavy atom. The fourth-order valence-electron chi connectivity index (χ4n) is 1.03. The molecule has 1 unspecified atom stereocenters. The van der Waals surface area contributed by atoms with Crippen molar-refractivity contribution < 1.29 is 4.90 Å². The van der Waals surface area contributed by atoms with E-state index in [0.717, 1.165) is 12.5 Å². The monoisotopic (exact) mass is 200 g/mol. The van der Waals surface area contributed by atoms with Gasteiger partial charge in [-0.1, -0.05) is 0 Å². The van der Waals surface area contributed by atoms with Crippen molar-refractivity contribution in [2.45, 2.75) is 0 Å². The minimum Gasteiger partial charge on any atom is -0.266 e. The molecule has 52 valence electrons. The largest absolute Gasteiger partial charge is 0.266 e. The summed E-state index contributed by atoms with van der Waals surface area (Å²) in [5, 5.41) is 0. The smallest absolute Gasteiger partial charge is 0.233 e. The van der Waals surface area contributed by atoms with Crippen LogP contribution in [0.2, 0.25) is 0 Å². The lowest BCUT2D eigenvalue weighted by atomic mass is 10.4. The zero-order valence-corrected chi connectivity index (χ0v) is 6.87. The van der Waals surface area contributed by atoms with Crippen LogP contribution in [0.15, 0.2) is 29.7 Å². The molecule has 0 bridgehead atoms. The van der Waals surface area contributed by atoms with E-state index in [-0.39, 0.29) is 0 Å². The predicted octanol–water partition coefficient (Wildman–Crippen LogP) is -0.149. The summed E-state index contributed by atoms with van der Waals surface area (Å²) in [5.74, 6) is 1.09. The predicted molar refractivity (Wildman–Crippen MR) is 42.3 cm³/mol. The fourth-order valence-corrected chi connectivity index (χ4v) is 1.41. The first-order valence-electron chi connectivity index (χ1n) is 3.07. The maximum Gasteiger partial charge on any atom is 0.233 e. The molecule has 0 radical (unpaired) electrons. The van der Waals surface area contributed by atoms with Crippen LogP contribution in [0.4, 0.5) is 0 Å². The van der Waals surface area contributed by atoms with Gasteiger partial charge in [0.15, 0.2) is 6.67 Å². The molecule has 10 heavy (non-hydrogen) atoms. The van der Waals surface area contributed by atoms with E-state index in [9.17, 15) is 0 Å². The van der Waals surface area contributed by atoms with Crippen LogP contribution in [0.25, 0.3) is 0 Å². The highest BCUT2D eigenvalue weighted by Crippen LogP contribution is 1.99. The SMILES string of the molecule is BrN1C=CC2=NC=C[NH+]2C1. The second-order valence-corrected chi connectivity index (χ2v) is 3.14. The average Bonchev–Trinajstić information content (AvgIpc) is 2.33. The Morgan fingerprint density at radius 1 is 1.70 bits per heavy atom. The summed E-state index contributed by atoms with van der Waals surface area (Å²) in [7, 11) is 0.